The molecule has 1 aliphatic heterocycles. The van der Waals surface area contributed by atoms with Gasteiger partial charge in [-0.25, -0.2) is 0 Å². The minimum Gasteiger partial charge on any atom is -0.352 e. The van der Waals surface area contributed by atoms with E-state index >= 15 is 0 Å². The van der Waals surface area contributed by atoms with Crippen molar-refractivity contribution in [1.29, 1.82) is 0 Å². The first-order chi connectivity index (χ1) is 11.2. The highest BCUT2D eigenvalue weighted by Gasteiger charge is 2.31. The lowest BCUT2D eigenvalue weighted by atomic mass is 9.75. The molecule has 0 spiro atoms. The van der Waals surface area contributed by atoms with Gasteiger partial charge in [0.05, 0.1) is 13.2 Å². The third kappa shape index (κ3) is 6.72. The van der Waals surface area contributed by atoms with Crippen molar-refractivity contribution in [3.8, 4) is 0 Å². The van der Waals surface area contributed by atoms with Gasteiger partial charge >= 0.3 is 0 Å². The lowest BCUT2D eigenvalue weighted by Gasteiger charge is -2.37. The van der Waals surface area contributed by atoms with E-state index in [4.69, 9.17) is 9.47 Å². The van der Waals surface area contributed by atoms with Crippen LogP contribution in [0.15, 0.2) is 24.3 Å². The highest BCUT2D eigenvalue weighted by molar-refractivity contribution is 4.84. The first kappa shape index (κ1) is 18.6. The van der Waals surface area contributed by atoms with Gasteiger partial charge in [-0.3, -0.25) is 0 Å². The van der Waals surface area contributed by atoms with Gasteiger partial charge in [0, 0.05) is 12.3 Å². The van der Waals surface area contributed by atoms with Crippen molar-refractivity contribution in [2.75, 3.05) is 13.2 Å². The van der Waals surface area contributed by atoms with Crippen molar-refractivity contribution >= 4 is 0 Å². The molecule has 1 saturated carbocycles. The van der Waals surface area contributed by atoms with Crippen LogP contribution < -0.4 is 0 Å². The fourth-order valence-electron chi connectivity index (χ4n) is 3.77. The molecule has 4 heteroatoms. The average molecular weight is 328 g/mol. The van der Waals surface area contributed by atoms with E-state index in [-0.39, 0.29) is 6.29 Å². The summed E-state index contributed by atoms with van der Waals surface area (Å²) in [6.45, 7) is 3.65. The molecule has 0 N–H and O–H groups in total. The van der Waals surface area contributed by atoms with Gasteiger partial charge in [0.25, 0.3) is 6.08 Å². The summed E-state index contributed by atoms with van der Waals surface area (Å²) in [6, 6.07) is 0. The van der Waals surface area contributed by atoms with Crippen LogP contribution >= 0.6 is 0 Å². The second kappa shape index (κ2) is 10.2. The van der Waals surface area contributed by atoms with Crippen molar-refractivity contribution < 1.29 is 18.3 Å². The minimum atomic E-state index is -1.54. The number of hydrogen-bond donors (Lipinski definition) is 0. The fraction of sp³-hybridized carbons (Fsp3) is 0.789. The summed E-state index contributed by atoms with van der Waals surface area (Å²) < 4.78 is 35.8. The van der Waals surface area contributed by atoms with Crippen LogP contribution in [-0.2, 0) is 9.47 Å². The largest absolute Gasteiger partial charge is 0.352 e. The molecule has 2 fully saturated rings. The second-order valence-electron chi connectivity index (χ2n) is 6.85. The van der Waals surface area contributed by atoms with Gasteiger partial charge in [-0.2, -0.15) is 8.78 Å². The van der Waals surface area contributed by atoms with Crippen molar-refractivity contribution in [1.82, 2.24) is 0 Å². The second-order valence-corrected chi connectivity index (χ2v) is 6.85. The number of rotatable bonds is 7. The zero-order chi connectivity index (χ0) is 16.5. The Morgan fingerprint density at radius 2 is 1.65 bits per heavy atom. The lowest BCUT2D eigenvalue weighted by Crippen LogP contribution is -2.37. The molecule has 132 valence electrons. The van der Waals surface area contributed by atoms with Crippen LogP contribution in [0.2, 0.25) is 0 Å². The average Bonchev–Trinajstić information content (AvgIpc) is 2.56. The summed E-state index contributed by atoms with van der Waals surface area (Å²) in [6.07, 6.45) is 11.7. The maximum Gasteiger partial charge on any atom is 0.266 e. The Bertz CT molecular complexity index is 375. The predicted octanol–water partition coefficient (Wildman–Crippen LogP) is 5.70. The molecule has 1 heterocycles. The number of ether oxygens (including phenoxy) is 2. The first-order valence-electron chi connectivity index (χ1n) is 9.04. The number of hydrogen-bond acceptors (Lipinski definition) is 2. The van der Waals surface area contributed by atoms with Crippen molar-refractivity contribution in [3.05, 3.63) is 24.3 Å². The molecule has 0 bridgehead atoms. The molecule has 1 saturated heterocycles. The summed E-state index contributed by atoms with van der Waals surface area (Å²) in [5, 5.41) is 0. The molecule has 0 radical (unpaired) electrons. The first-order valence-corrected chi connectivity index (χ1v) is 9.04. The Morgan fingerprint density at radius 3 is 2.26 bits per heavy atom. The number of halogens is 2. The van der Waals surface area contributed by atoms with Gasteiger partial charge in [0.15, 0.2) is 6.29 Å². The van der Waals surface area contributed by atoms with Crippen LogP contribution in [0.1, 0.15) is 58.3 Å². The summed E-state index contributed by atoms with van der Waals surface area (Å²) in [7, 11) is 0. The Kier molecular flexibility index (Phi) is 8.24. The van der Waals surface area contributed by atoms with Crippen molar-refractivity contribution in [2.24, 2.45) is 17.8 Å². The highest BCUT2D eigenvalue weighted by atomic mass is 19.3. The molecule has 0 unspecified atom stereocenters. The standard InChI is InChI=1S/C19H30F2O2/c1-2-3-4-8-19-22-13-17(14-23-19)16-11-9-15(10-12-16)6-5-7-18(20)21/h2-3,7,15-17,19H,4-6,8-14H2,1H3. The van der Waals surface area contributed by atoms with Crippen LogP contribution in [0.25, 0.3) is 0 Å². The van der Waals surface area contributed by atoms with Gasteiger partial charge in [-0.1, -0.05) is 25.0 Å². The monoisotopic (exact) mass is 328 g/mol. The third-order valence-corrected chi connectivity index (χ3v) is 5.23. The predicted molar refractivity (Wildman–Crippen MR) is 88.2 cm³/mol. The van der Waals surface area contributed by atoms with E-state index < -0.39 is 6.08 Å². The van der Waals surface area contributed by atoms with Crippen LogP contribution in [-0.4, -0.2) is 19.5 Å². The molecule has 0 amide bonds. The van der Waals surface area contributed by atoms with E-state index in [1.54, 1.807) is 0 Å². The topological polar surface area (TPSA) is 18.5 Å². The Hall–Kier alpha value is -0.740. The molecule has 1 aliphatic carbocycles. The van der Waals surface area contributed by atoms with Gasteiger partial charge in [0.2, 0.25) is 0 Å². The molecule has 0 atom stereocenters. The highest BCUT2D eigenvalue weighted by Crippen LogP contribution is 2.37. The maximum absolute atomic E-state index is 12.1. The molecule has 2 aliphatic rings. The van der Waals surface area contributed by atoms with Crippen molar-refractivity contribution in [2.45, 2.75) is 64.6 Å². The molecule has 0 aromatic heterocycles. The fourth-order valence-corrected chi connectivity index (χ4v) is 3.77. The van der Waals surface area contributed by atoms with E-state index in [0.717, 1.165) is 51.4 Å². The van der Waals surface area contributed by atoms with E-state index in [2.05, 4.69) is 12.2 Å². The summed E-state index contributed by atoms with van der Waals surface area (Å²) in [5.74, 6) is 1.80. The molecule has 0 aromatic carbocycles. The van der Waals surface area contributed by atoms with Gasteiger partial charge < -0.3 is 9.47 Å². The minimum absolute atomic E-state index is 0.0406. The summed E-state index contributed by atoms with van der Waals surface area (Å²) in [4.78, 5) is 0. The van der Waals surface area contributed by atoms with E-state index in [1.807, 2.05) is 6.92 Å². The number of allylic oxidation sites excluding steroid dienone is 3. The molecular formula is C19H30F2O2. The Morgan fingerprint density at radius 1 is 0.957 bits per heavy atom. The molecule has 23 heavy (non-hydrogen) atoms. The Balaban J connectivity index is 1.62. The molecular weight excluding hydrogens is 298 g/mol. The zero-order valence-electron chi connectivity index (χ0n) is 14.2. The van der Waals surface area contributed by atoms with Gasteiger partial charge in [-0.15, -0.1) is 0 Å². The SMILES string of the molecule is CC=CCCC1OCC(C2CCC(CCC=C(F)F)CC2)CO1. The van der Waals surface area contributed by atoms with Gasteiger partial charge in [-0.05, 0) is 56.9 Å². The quantitative estimate of drug-likeness (QED) is 0.558. The van der Waals surface area contributed by atoms with Gasteiger partial charge in [0.1, 0.15) is 0 Å². The summed E-state index contributed by atoms with van der Waals surface area (Å²) in [5.41, 5.74) is 0. The Labute approximate surface area is 138 Å². The van der Waals surface area contributed by atoms with Crippen molar-refractivity contribution in [3.63, 3.8) is 0 Å². The molecule has 0 aromatic rings. The normalized spacial score (nSPS) is 32.1. The molecule has 2 nitrogen and oxygen atoms in total. The lowest BCUT2D eigenvalue weighted by molar-refractivity contribution is -0.211. The third-order valence-electron chi connectivity index (χ3n) is 5.23. The maximum atomic E-state index is 12.1. The van der Waals surface area contributed by atoms with Crippen LogP contribution in [0.4, 0.5) is 8.78 Å². The van der Waals surface area contributed by atoms with E-state index in [1.165, 1.54) is 12.8 Å². The van der Waals surface area contributed by atoms with E-state index in [0.29, 0.717) is 24.2 Å². The summed E-state index contributed by atoms with van der Waals surface area (Å²) >= 11 is 0. The molecule has 2 rings (SSSR count). The van der Waals surface area contributed by atoms with E-state index in [9.17, 15) is 8.78 Å². The van der Waals surface area contributed by atoms with Crippen LogP contribution in [0.3, 0.4) is 0 Å². The zero-order valence-corrected chi connectivity index (χ0v) is 14.2. The van der Waals surface area contributed by atoms with Crippen LogP contribution in [0.5, 0.6) is 0 Å². The van der Waals surface area contributed by atoms with Crippen LogP contribution in [0, 0.1) is 17.8 Å². The smallest absolute Gasteiger partial charge is 0.266 e.